The minimum Gasteiger partial charge on any atom is -0.465 e. The van der Waals surface area contributed by atoms with Gasteiger partial charge in [-0.25, -0.2) is 9.59 Å². The molecule has 94 valence electrons. The summed E-state index contributed by atoms with van der Waals surface area (Å²) in [5, 5.41) is 9.07. The lowest BCUT2D eigenvalue weighted by Gasteiger charge is -2.26. The minimum atomic E-state index is -1.16. The van der Waals surface area contributed by atoms with Crippen LogP contribution in [0.5, 0.6) is 0 Å². The zero-order valence-corrected chi connectivity index (χ0v) is 9.21. The maximum atomic E-state index is 12.1. The second-order valence-corrected chi connectivity index (χ2v) is 5.35. The third-order valence-electron chi connectivity index (χ3n) is 4.83. The Balaban J connectivity index is 1.91. The highest BCUT2D eigenvalue weighted by Gasteiger charge is 2.60. The first-order chi connectivity index (χ1) is 8.13. The van der Waals surface area contributed by atoms with E-state index in [0.717, 1.165) is 24.2 Å². The Labute approximate surface area is 97.4 Å². The molecule has 1 amide bonds. The van der Waals surface area contributed by atoms with Gasteiger partial charge >= 0.3 is 12.1 Å². The second kappa shape index (κ2) is 3.58. The monoisotopic (exact) mass is 243 g/mol. The van der Waals surface area contributed by atoms with Crippen molar-refractivity contribution < 1.29 is 24.2 Å². The van der Waals surface area contributed by atoms with E-state index in [1.165, 1.54) is 0 Å². The molecule has 2 aliphatic carbocycles. The first-order valence-corrected chi connectivity index (χ1v) is 5.95. The van der Waals surface area contributed by atoms with Crippen molar-refractivity contribution in [3.8, 4) is 0 Å². The van der Waals surface area contributed by atoms with E-state index in [-0.39, 0.29) is 11.8 Å². The van der Waals surface area contributed by atoms with Crippen molar-refractivity contribution in [3.05, 3.63) is 0 Å². The third-order valence-corrected chi connectivity index (χ3v) is 4.83. The fourth-order valence-corrected chi connectivity index (χ4v) is 4.29. The molecule has 3 aliphatic rings. The van der Waals surface area contributed by atoms with Crippen molar-refractivity contribution in [2.24, 2.45) is 23.7 Å². The summed E-state index contributed by atoms with van der Waals surface area (Å²) < 4.78 is 12.1. The summed E-state index contributed by atoms with van der Waals surface area (Å²) in [5.74, 6) is -0.00258. The van der Waals surface area contributed by atoms with Gasteiger partial charge in [-0.3, -0.25) is 9.84 Å². The molecule has 2 saturated carbocycles. The number of amides is 1. The Kier molecular flexibility index (Phi) is 2.27. The van der Waals surface area contributed by atoms with Crippen LogP contribution >= 0.6 is 0 Å². The number of rotatable bonds is 1. The van der Waals surface area contributed by atoms with E-state index in [1.54, 1.807) is 0 Å². The molecule has 0 radical (unpaired) electrons. The number of hydrogen-bond acceptors (Lipinski definition) is 3. The third kappa shape index (κ3) is 1.36. The summed E-state index contributed by atoms with van der Waals surface area (Å²) in [6.45, 7) is 0.348. The lowest BCUT2D eigenvalue weighted by molar-refractivity contribution is -0.190. The molecule has 1 saturated heterocycles. The van der Waals surface area contributed by atoms with Gasteiger partial charge in [0.25, 0.3) is 0 Å². The fraction of sp³-hybridized carbons (Fsp3) is 0.818. The van der Waals surface area contributed by atoms with Gasteiger partial charge in [0.05, 0.1) is 0 Å². The minimum absolute atomic E-state index is 0.0342. The molecule has 3 fully saturated rings. The Morgan fingerprint density at radius 1 is 1.29 bits per heavy atom. The van der Waals surface area contributed by atoms with Crippen molar-refractivity contribution in [2.75, 3.05) is 6.54 Å². The molecule has 0 aromatic rings. The van der Waals surface area contributed by atoms with Gasteiger partial charge in [-0.05, 0) is 42.9 Å². The van der Waals surface area contributed by atoms with Crippen molar-refractivity contribution in [3.63, 3.8) is 0 Å². The molecule has 0 aromatic carbocycles. The first kappa shape index (κ1) is 10.8. The highest BCUT2D eigenvalue weighted by atomic mass is 19.3. The number of carboxylic acid groups (broad SMARTS) is 1. The Morgan fingerprint density at radius 3 is 2.65 bits per heavy atom. The zero-order valence-electron chi connectivity index (χ0n) is 9.21. The van der Waals surface area contributed by atoms with E-state index in [0.29, 0.717) is 18.4 Å². The summed E-state index contributed by atoms with van der Waals surface area (Å²) in [6, 6.07) is -0.933. The number of carbonyl (C=O) groups is 2. The topological polar surface area (TPSA) is 66.8 Å². The number of nitrogens with zero attached hydrogens (tertiary/aromatic N) is 1. The van der Waals surface area contributed by atoms with Crippen molar-refractivity contribution in [2.45, 2.75) is 25.3 Å². The Morgan fingerprint density at radius 2 is 2.00 bits per heavy atom. The van der Waals surface area contributed by atoms with E-state index in [2.05, 4.69) is 4.94 Å². The Hall–Kier alpha value is -1.33. The van der Waals surface area contributed by atoms with E-state index >= 15 is 0 Å². The summed E-state index contributed by atoms with van der Waals surface area (Å²) in [5.41, 5.74) is 0. The predicted molar refractivity (Wildman–Crippen MR) is 53.5 cm³/mol. The molecule has 1 N–H and O–H groups in total. The molecule has 5 nitrogen and oxygen atoms in total. The highest BCUT2D eigenvalue weighted by molar-refractivity contribution is 5.81. The number of carbonyl (C=O) groups excluding carboxylic acids is 1. The number of likely N-dealkylation sites (tertiary alicyclic amines) is 1. The molecule has 2 bridgehead atoms. The van der Waals surface area contributed by atoms with Crippen molar-refractivity contribution in [1.29, 1.82) is 0 Å². The maximum absolute atomic E-state index is 12.1. The van der Waals surface area contributed by atoms with Gasteiger partial charge in [0.15, 0.2) is 0 Å². The van der Waals surface area contributed by atoms with Crippen LogP contribution in [0.25, 0.3) is 0 Å². The van der Waals surface area contributed by atoms with Crippen LogP contribution < -0.4 is 0 Å². The Bertz CT molecular complexity index is 374. The van der Waals surface area contributed by atoms with Crippen LogP contribution in [0, 0.1) is 23.7 Å². The molecule has 3 rings (SSSR count). The van der Waals surface area contributed by atoms with Gasteiger partial charge in [0, 0.05) is 11.1 Å². The quantitative estimate of drug-likeness (QED) is 0.756. The molecular weight excluding hydrogens is 229 g/mol. The average Bonchev–Trinajstić information content (AvgIpc) is 2.97. The number of fused-ring (bicyclic) bond motifs is 5. The SMILES string of the molecule is O=C(OF)C1C2C3CCC(C3)C2CN1C(=O)O. The van der Waals surface area contributed by atoms with Gasteiger partial charge in [-0.15, -0.1) is 0 Å². The lowest BCUT2D eigenvalue weighted by atomic mass is 9.78. The summed E-state index contributed by atoms with van der Waals surface area (Å²) in [4.78, 5) is 26.9. The first-order valence-electron chi connectivity index (χ1n) is 5.95. The van der Waals surface area contributed by atoms with Gasteiger partial charge < -0.3 is 5.11 Å². The van der Waals surface area contributed by atoms with Crippen molar-refractivity contribution >= 4 is 12.1 Å². The number of halogens is 1. The highest BCUT2D eigenvalue weighted by Crippen LogP contribution is 2.57. The van der Waals surface area contributed by atoms with Crippen LogP contribution in [0.1, 0.15) is 19.3 Å². The summed E-state index contributed by atoms with van der Waals surface area (Å²) in [7, 11) is 0. The molecule has 1 aliphatic heterocycles. The van der Waals surface area contributed by atoms with Gasteiger partial charge in [0.1, 0.15) is 6.04 Å². The van der Waals surface area contributed by atoms with Crippen molar-refractivity contribution in [1.82, 2.24) is 4.90 Å². The molecule has 5 atom stereocenters. The van der Waals surface area contributed by atoms with Gasteiger partial charge in [-0.2, -0.15) is 0 Å². The van der Waals surface area contributed by atoms with Crippen LogP contribution in [0.2, 0.25) is 0 Å². The second-order valence-electron chi connectivity index (χ2n) is 5.35. The van der Waals surface area contributed by atoms with Crippen LogP contribution in [-0.2, 0) is 9.74 Å². The molecule has 0 spiro atoms. The molecule has 0 aromatic heterocycles. The predicted octanol–water partition coefficient (Wildman–Crippen LogP) is 1.44. The summed E-state index contributed by atoms with van der Waals surface area (Å²) >= 11 is 0. The van der Waals surface area contributed by atoms with Crippen LogP contribution in [0.15, 0.2) is 0 Å². The molecule has 5 unspecified atom stereocenters. The fourth-order valence-electron chi connectivity index (χ4n) is 4.29. The van der Waals surface area contributed by atoms with Crippen LogP contribution in [0.4, 0.5) is 9.32 Å². The number of hydrogen-bond donors (Lipinski definition) is 1. The zero-order chi connectivity index (χ0) is 12.2. The largest absolute Gasteiger partial charge is 0.465 e. The van der Waals surface area contributed by atoms with E-state index in [9.17, 15) is 14.1 Å². The van der Waals surface area contributed by atoms with Gasteiger partial charge in [0.2, 0.25) is 0 Å². The molecule has 1 heterocycles. The van der Waals surface area contributed by atoms with E-state index in [4.69, 9.17) is 5.11 Å². The average molecular weight is 243 g/mol. The standard InChI is InChI=1S/C11H14FNO4/c12-17-10(14)9-8-6-2-1-5(3-6)7(8)4-13(9)11(15)16/h5-9H,1-4H2,(H,15,16). The van der Waals surface area contributed by atoms with Crippen LogP contribution in [-0.4, -0.2) is 34.7 Å². The van der Waals surface area contributed by atoms with Crippen LogP contribution in [0.3, 0.4) is 0 Å². The normalized spacial score (nSPS) is 42.6. The smallest absolute Gasteiger partial charge is 0.408 e. The lowest BCUT2D eigenvalue weighted by Crippen LogP contribution is -2.44. The molecular formula is C11H14FNO4. The molecule has 17 heavy (non-hydrogen) atoms. The summed E-state index contributed by atoms with van der Waals surface area (Å²) in [6.07, 6.45) is 2.03. The molecule has 6 heteroatoms. The van der Waals surface area contributed by atoms with E-state index < -0.39 is 18.1 Å². The maximum Gasteiger partial charge on any atom is 0.408 e. The van der Waals surface area contributed by atoms with E-state index in [1.807, 2.05) is 0 Å². The van der Waals surface area contributed by atoms with Gasteiger partial charge in [-0.1, -0.05) is 0 Å².